The van der Waals surface area contributed by atoms with E-state index in [1.165, 1.54) is 12.1 Å². The molecule has 0 heterocycles. The molecule has 0 aliphatic heterocycles. The van der Waals surface area contributed by atoms with Gasteiger partial charge in [-0.1, -0.05) is 19.1 Å². The Morgan fingerprint density at radius 2 is 1.78 bits per heavy atom. The Bertz CT molecular complexity index is 497. The van der Waals surface area contributed by atoms with Crippen LogP contribution in [0.1, 0.15) is 18.1 Å². The molecule has 0 radical (unpaired) electrons. The molecule has 0 spiro atoms. The Morgan fingerprint density at radius 3 is 2.26 bits per heavy atom. The molecule has 23 heavy (non-hydrogen) atoms. The molecule has 0 saturated heterocycles. The minimum atomic E-state index is -4.30. The van der Waals surface area contributed by atoms with Gasteiger partial charge in [0.25, 0.3) is 0 Å². The molecule has 130 valence electrons. The molecule has 1 aromatic rings. The summed E-state index contributed by atoms with van der Waals surface area (Å²) in [6, 6.07) is 5.21. The summed E-state index contributed by atoms with van der Waals surface area (Å²) in [5.74, 6) is 0.717. The highest BCUT2D eigenvalue weighted by Crippen LogP contribution is 2.29. The summed E-state index contributed by atoms with van der Waals surface area (Å²) in [5.41, 5.74) is 0.170. The van der Waals surface area contributed by atoms with Gasteiger partial charge in [0, 0.05) is 33.7 Å². The van der Waals surface area contributed by atoms with E-state index in [0.29, 0.717) is 6.54 Å². The van der Waals surface area contributed by atoms with E-state index in [2.05, 4.69) is 22.1 Å². The smallest absolute Gasteiger partial charge is 0.355 e. The number of alkyl halides is 3. The quantitative estimate of drug-likeness (QED) is 0.643. The molecule has 4 nitrogen and oxygen atoms in total. The fourth-order valence-electron chi connectivity index (χ4n) is 2.05. The maximum absolute atomic E-state index is 12.6. The molecule has 0 amide bonds. The zero-order valence-corrected chi connectivity index (χ0v) is 14.1. The lowest BCUT2D eigenvalue weighted by Gasteiger charge is -2.23. The molecule has 1 N–H and O–H groups in total. The minimum Gasteiger partial charge on any atom is -0.355 e. The highest BCUT2D eigenvalue weighted by Gasteiger charge is 2.29. The third-order valence-corrected chi connectivity index (χ3v) is 3.59. The lowest BCUT2D eigenvalue weighted by Crippen LogP contribution is -2.41. The standard InChI is InChI=1S/C16H25F3N4/c1-5-22(3)11-10-21-15(20-2)23(4)12-13-6-8-14(9-7-13)16(17,18)19/h6-9H,5,10-12H2,1-4H3,(H,20,21). The van der Waals surface area contributed by atoms with Gasteiger partial charge in [0.2, 0.25) is 0 Å². The lowest BCUT2D eigenvalue weighted by atomic mass is 10.1. The number of nitrogens with zero attached hydrogens (tertiary/aromatic N) is 3. The SMILES string of the molecule is CCN(C)CCNC(=NC)N(C)Cc1ccc(C(F)(F)F)cc1. The Labute approximate surface area is 136 Å². The zero-order chi connectivity index (χ0) is 17.5. The first-order valence-corrected chi connectivity index (χ1v) is 7.54. The van der Waals surface area contributed by atoms with Gasteiger partial charge in [0.1, 0.15) is 0 Å². The van der Waals surface area contributed by atoms with Gasteiger partial charge in [-0.3, -0.25) is 4.99 Å². The van der Waals surface area contributed by atoms with Crippen molar-refractivity contribution in [3.05, 3.63) is 35.4 Å². The topological polar surface area (TPSA) is 30.9 Å². The van der Waals surface area contributed by atoms with E-state index in [0.717, 1.165) is 43.3 Å². The number of rotatable bonds is 6. The monoisotopic (exact) mass is 330 g/mol. The van der Waals surface area contributed by atoms with Crippen molar-refractivity contribution in [1.29, 1.82) is 0 Å². The van der Waals surface area contributed by atoms with Gasteiger partial charge in [-0.2, -0.15) is 13.2 Å². The molecule has 0 bridgehead atoms. The van der Waals surface area contributed by atoms with E-state index in [4.69, 9.17) is 0 Å². The summed E-state index contributed by atoms with van der Waals surface area (Å²) in [5, 5.41) is 3.24. The summed E-state index contributed by atoms with van der Waals surface area (Å²) in [6.45, 7) is 5.20. The summed E-state index contributed by atoms with van der Waals surface area (Å²) in [4.78, 5) is 8.26. The first-order valence-electron chi connectivity index (χ1n) is 7.54. The van der Waals surface area contributed by atoms with Gasteiger partial charge in [0.15, 0.2) is 5.96 Å². The Hall–Kier alpha value is -1.76. The second kappa shape index (κ2) is 8.76. The number of hydrogen-bond donors (Lipinski definition) is 1. The maximum atomic E-state index is 12.6. The van der Waals surface area contributed by atoms with Gasteiger partial charge in [-0.05, 0) is 31.3 Å². The summed E-state index contributed by atoms with van der Waals surface area (Å²) in [6.07, 6.45) is -4.30. The van der Waals surface area contributed by atoms with Crippen LogP contribution in [-0.2, 0) is 12.7 Å². The fraction of sp³-hybridized carbons (Fsp3) is 0.562. The zero-order valence-electron chi connectivity index (χ0n) is 14.1. The van der Waals surface area contributed by atoms with Crippen LogP contribution in [0.2, 0.25) is 0 Å². The third-order valence-electron chi connectivity index (χ3n) is 3.59. The minimum absolute atomic E-state index is 0.488. The van der Waals surface area contributed by atoms with Crippen molar-refractivity contribution in [3.8, 4) is 0 Å². The van der Waals surface area contributed by atoms with Crippen molar-refractivity contribution >= 4 is 5.96 Å². The van der Waals surface area contributed by atoms with Crippen LogP contribution in [0, 0.1) is 0 Å². The second-order valence-electron chi connectivity index (χ2n) is 5.42. The van der Waals surface area contributed by atoms with Crippen LogP contribution in [0.3, 0.4) is 0 Å². The van der Waals surface area contributed by atoms with Crippen molar-refractivity contribution in [2.24, 2.45) is 4.99 Å². The number of guanidine groups is 1. The van der Waals surface area contributed by atoms with E-state index in [-0.39, 0.29) is 0 Å². The Morgan fingerprint density at radius 1 is 1.17 bits per heavy atom. The molecular formula is C16H25F3N4. The second-order valence-corrected chi connectivity index (χ2v) is 5.42. The first-order chi connectivity index (χ1) is 10.8. The van der Waals surface area contributed by atoms with Crippen LogP contribution in [0.25, 0.3) is 0 Å². The Balaban J connectivity index is 2.57. The molecular weight excluding hydrogens is 305 g/mol. The Kier molecular flexibility index (Phi) is 7.35. The summed E-state index contributed by atoms with van der Waals surface area (Å²) < 4.78 is 37.7. The van der Waals surface area contributed by atoms with Crippen LogP contribution in [0.15, 0.2) is 29.3 Å². The number of aliphatic imine (C=N–C) groups is 1. The number of nitrogens with one attached hydrogen (secondary N) is 1. The van der Waals surface area contributed by atoms with E-state index in [9.17, 15) is 13.2 Å². The van der Waals surface area contributed by atoms with E-state index in [1.54, 1.807) is 7.05 Å². The number of benzene rings is 1. The summed E-state index contributed by atoms with van der Waals surface area (Å²) in [7, 11) is 5.59. The molecule has 1 aromatic carbocycles. The van der Waals surface area contributed by atoms with Gasteiger partial charge in [-0.15, -0.1) is 0 Å². The van der Waals surface area contributed by atoms with Crippen LogP contribution in [-0.4, -0.2) is 56.5 Å². The van der Waals surface area contributed by atoms with Gasteiger partial charge in [0.05, 0.1) is 5.56 Å². The lowest BCUT2D eigenvalue weighted by molar-refractivity contribution is -0.137. The highest BCUT2D eigenvalue weighted by atomic mass is 19.4. The fourth-order valence-corrected chi connectivity index (χ4v) is 2.05. The average molecular weight is 330 g/mol. The van der Waals surface area contributed by atoms with Crippen molar-refractivity contribution < 1.29 is 13.2 Å². The van der Waals surface area contributed by atoms with E-state index >= 15 is 0 Å². The molecule has 0 fully saturated rings. The van der Waals surface area contributed by atoms with Crippen molar-refractivity contribution in [1.82, 2.24) is 15.1 Å². The third kappa shape index (κ3) is 6.48. The predicted molar refractivity (Wildman–Crippen MR) is 87.4 cm³/mol. The van der Waals surface area contributed by atoms with Crippen LogP contribution in [0.4, 0.5) is 13.2 Å². The molecule has 0 aromatic heterocycles. The molecule has 0 aliphatic carbocycles. The van der Waals surface area contributed by atoms with Crippen LogP contribution >= 0.6 is 0 Å². The summed E-state index contributed by atoms with van der Waals surface area (Å²) >= 11 is 0. The molecule has 1 rings (SSSR count). The highest BCUT2D eigenvalue weighted by molar-refractivity contribution is 5.79. The van der Waals surface area contributed by atoms with Gasteiger partial charge in [-0.25, -0.2) is 0 Å². The largest absolute Gasteiger partial charge is 0.416 e. The normalized spacial score (nSPS) is 12.6. The first kappa shape index (κ1) is 19.3. The average Bonchev–Trinajstić information content (AvgIpc) is 2.50. The maximum Gasteiger partial charge on any atom is 0.416 e. The molecule has 0 saturated carbocycles. The molecule has 0 atom stereocenters. The number of hydrogen-bond acceptors (Lipinski definition) is 2. The van der Waals surface area contributed by atoms with Crippen molar-refractivity contribution in [2.75, 3.05) is 40.8 Å². The van der Waals surface area contributed by atoms with Crippen molar-refractivity contribution in [3.63, 3.8) is 0 Å². The number of likely N-dealkylation sites (N-methyl/N-ethyl adjacent to an activating group) is 1. The molecule has 0 aliphatic rings. The van der Waals surface area contributed by atoms with Gasteiger partial charge < -0.3 is 15.1 Å². The molecule has 7 heteroatoms. The van der Waals surface area contributed by atoms with E-state index < -0.39 is 11.7 Å². The van der Waals surface area contributed by atoms with Crippen LogP contribution in [0.5, 0.6) is 0 Å². The van der Waals surface area contributed by atoms with E-state index in [1.807, 2.05) is 19.0 Å². The van der Waals surface area contributed by atoms with Crippen LogP contribution < -0.4 is 5.32 Å². The van der Waals surface area contributed by atoms with Crippen molar-refractivity contribution in [2.45, 2.75) is 19.6 Å². The number of halogens is 3. The predicted octanol–water partition coefficient (Wildman–Crippen LogP) is 2.66. The van der Waals surface area contributed by atoms with Gasteiger partial charge >= 0.3 is 6.18 Å². The molecule has 0 unspecified atom stereocenters.